The van der Waals surface area contributed by atoms with Gasteiger partial charge in [0.15, 0.2) is 0 Å². The summed E-state index contributed by atoms with van der Waals surface area (Å²) in [6.07, 6.45) is 0.459. The number of nitrogens with zero attached hydrogens (tertiary/aromatic N) is 3. The molecule has 5 rings (SSSR count). The predicted molar refractivity (Wildman–Crippen MR) is 114 cm³/mol. The number of aromatic amines is 1. The Morgan fingerprint density at radius 1 is 1.10 bits per heavy atom. The second kappa shape index (κ2) is 7.19. The fraction of sp³-hybridized carbons (Fsp3) is 0.391. The highest BCUT2D eigenvalue weighted by Gasteiger charge is 2.50. The first-order chi connectivity index (χ1) is 14.5. The van der Waals surface area contributed by atoms with Gasteiger partial charge >= 0.3 is 0 Å². The van der Waals surface area contributed by atoms with Crippen LogP contribution in [0.25, 0.3) is 22.0 Å². The molecule has 7 nitrogen and oxygen atoms in total. The lowest BCUT2D eigenvalue weighted by molar-refractivity contribution is -0.108. The van der Waals surface area contributed by atoms with Gasteiger partial charge in [0.05, 0.1) is 5.52 Å². The van der Waals surface area contributed by atoms with Crippen LogP contribution in [-0.2, 0) is 0 Å². The third-order valence-electron chi connectivity index (χ3n) is 6.39. The average Bonchev–Trinajstić information content (AvgIpc) is 3.43. The number of carbonyl (C=O) groups excluding carboxylic acids is 1. The predicted octanol–water partition coefficient (Wildman–Crippen LogP) is 2.14. The van der Waals surface area contributed by atoms with E-state index in [0.717, 1.165) is 27.7 Å². The van der Waals surface area contributed by atoms with Crippen molar-refractivity contribution >= 4 is 16.8 Å². The Kier molecular flexibility index (Phi) is 4.61. The number of amides is 1. The summed E-state index contributed by atoms with van der Waals surface area (Å²) in [7, 11) is 0. The molecule has 1 saturated heterocycles. The molecule has 1 aliphatic heterocycles. The quantitative estimate of drug-likeness (QED) is 0.617. The van der Waals surface area contributed by atoms with Crippen molar-refractivity contribution in [2.24, 2.45) is 0 Å². The number of aliphatic hydroxyl groups is 2. The molecular weight excluding hydrogens is 380 g/mol. The van der Waals surface area contributed by atoms with E-state index in [4.69, 9.17) is 0 Å². The fourth-order valence-corrected chi connectivity index (χ4v) is 4.34. The standard InChI is InChI=1S/C23H26N4O3/c1-15-20-18(3-2-4-19(20)25-24-15)16-5-7-17(8-6-16)21(28)26-11-13-27(14-12-26)22(29)23(30)9-10-23/h2-8,22,29-30H,9-14H2,1H3,(H,24,25). The van der Waals surface area contributed by atoms with Crippen LogP contribution in [-0.4, -0.2) is 74.1 Å². The number of hydrogen-bond donors (Lipinski definition) is 3. The lowest BCUT2D eigenvalue weighted by atomic mass is 9.99. The van der Waals surface area contributed by atoms with Crippen molar-refractivity contribution in [3.63, 3.8) is 0 Å². The summed E-state index contributed by atoms with van der Waals surface area (Å²) in [5.41, 5.74) is 3.81. The van der Waals surface area contributed by atoms with E-state index < -0.39 is 11.8 Å². The van der Waals surface area contributed by atoms with E-state index in [0.29, 0.717) is 44.6 Å². The Labute approximate surface area is 174 Å². The number of benzene rings is 2. The van der Waals surface area contributed by atoms with Crippen molar-refractivity contribution in [1.29, 1.82) is 0 Å². The van der Waals surface area contributed by atoms with Gasteiger partial charge < -0.3 is 15.1 Å². The van der Waals surface area contributed by atoms with Crippen molar-refractivity contribution in [2.45, 2.75) is 31.6 Å². The van der Waals surface area contributed by atoms with Gasteiger partial charge in [0.25, 0.3) is 5.91 Å². The van der Waals surface area contributed by atoms with E-state index in [1.165, 1.54) is 0 Å². The molecule has 1 amide bonds. The monoisotopic (exact) mass is 406 g/mol. The maximum Gasteiger partial charge on any atom is 0.253 e. The van der Waals surface area contributed by atoms with Gasteiger partial charge in [-0.1, -0.05) is 24.3 Å². The number of fused-ring (bicyclic) bond motifs is 1. The number of nitrogens with one attached hydrogen (secondary N) is 1. The minimum absolute atomic E-state index is 0.00137. The zero-order chi connectivity index (χ0) is 20.9. The molecule has 2 fully saturated rings. The lowest BCUT2D eigenvalue weighted by Gasteiger charge is -2.38. The maximum absolute atomic E-state index is 12.9. The number of carbonyl (C=O) groups is 1. The SMILES string of the molecule is Cc1[nH]nc2cccc(-c3ccc(C(=O)N4CCN(C(O)C5(O)CC5)CC4)cc3)c12. The summed E-state index contributed by atoms with van der Waals surface area (Å²) in [4.78, 5) is 16.6. The van der Waals surface area contributed by atoms with E-state index in [1.807, 2.05) is 53.1 Å². The molecule has 3 aromatic rings. The van der Waals surface area contributed by atoms with Crippen LogP contribution in [0.1, 0.15) is 28.9 Å². The molecule has 7 heteroatoms. The summed E-state index contributed by atoms with van der Waals surface area (Å²) in [6.45, 7) is 4.22. The summed E-state index contributed by atoms with van der Waals surface area (Å²) in [5.74, 6) is -0.00137. The van der Waals surface area contributed by atoms with Gasteiger partial charge in [0.1, 0.15) is 11.8 Å². The van der Waals surface area contributed by atoms with Crippen LogP contribution in [0.3, 0.4) is 0 Å². The normalized spacial score (nSPS) is 19.8. The number of hydrogen-bond acceptors (Lipinski definition) is 5. The van der Waals surface area contributed by atoms with Gasteiger partial charge in [-0.2, -0.15) is 5.10 Å². The third kappa shape index (κ3) is 3.29. The van der Waals surface area contributed by atoms with Gasteiger partial charge in [-0.3, -0.25) is 14.8 Å². The molecule has 1 unspecified atom stereocenters. The highest BCUT2D eigenvalue weighted by atomic mass is 16.4. The van der Waals surface area contributed by atoms with Gasteiger partial charge in [0, 0.05) is 42.8 Å². The smallest absolute Gasteiger partial charge is 0.253 e. The summed E-state index contributed by atoms with van der Waals surface area (Å²) in [5, 5.41) is 28.9. The molecule has 2 heterocycles. The summed E-state index contributed by atoms with van der Waals surface area (Å²) < 4.78 is 0. The molecule has 0 spiro atoms. The highest BCUT2D eigenvalue weighted by molar-refractivity contribution is 5.98. The first kappa shape index (κ1) is 19.2. The molecular formula is C23H26N4O3. The van der Waals surface area contributed by atoms with Crippen molar-refractivity contribution < 1.29 is 15.0 Å². The van der Waals surface area contributed by atoms with E-state index in [1.54, 1.807) is 0 Å². The average molecular weight is 406 g/mol. The molecule has 0 radical (unpaired) electrons. The Bertz CT molecular complexity index is 1080. The van der Waals surface area contributed by atoms with E-state index >= 15 is 0 Å². The fourth-order valence-electron chi connectivity index (χ4n) is 4.34. The van der Waals surface area contributed by atoms with Crippen LogP contribution in [0.2, 0.25) is 0 Å². The Hall–Kier alpha value is -2.74. The molecule has 3 N–H and O–H groups in total. The van der Waals surface area contributed by atoms with Gasteiger partial charge in [0.2, 0.25) is 0 Å². The van der Waals surface area contributed by atoms with Crippen LogP contribution in [0, 0.1) is 6.92 Å². The molecule has 30 heavy (non-hydrogen) atoms. The van der Waals surface area contributed by atoms with E-state index in [9.17, 15) is 15.0 Å². The summed E-state index contributed by atoms with van der Waals surface area (Å²) >= 11 is 0. The second-order valence-corrected chi connectivity index (χ2v) is 8.43. The molecule has 1 aliphatic carbocycles. The Morgan fingerprint density at radius 2 is 1.80 bits per heavy atom. The van der Waals surface area contributed by atoms with Crippen LogP contribution in [0.15, 0.2) is 42.5 Å². The van der Waals surface area contributed by atoms with Crippen LogP contribution in [0.5, 0.6) is 0 Å². The molecule has 1 saturated carbocycles. The van der Waals surface area contributed by atoms with Gasteiger partial charge in [-0.25, -0.2) is 0 Å². The van der Waals surface area contributed by atoms with Crippen molar-refractivity contribution in [3.05, 3.63) is 53.7 Å². The first-order valence-electron chi connectivity index (χ1n) is 10.4. The number of H-pyrrole nitrogens is 1. The largest absolute Gasteiger partial charge is 0.386 e. The Morgan fingerprint density at radius 3 is 2.47 bits per heavy atom. The van der Waals surface area contributed by atoms with E-state index in [-0.39, 0.29) is 5.91 Å². The molecule has 156 valence electrons. The summed E-state index contributed by atoms with van der Waals surface area (Å²) in [6, 6.07) is 13.8. The van der Waals surface area contributed by atoms with Crippen molar-refractivity contribution in [3.8, 4) is 11.1 Å². The van der Waals surface area contributed by atoms with Crippen LogP contribution in [0.4, 0.5) is 0 Å². The van der Waals surface area contributed by atoms with Crippen molar-refractivity contribution in [2.75, 3.05) is 26.2 Å². The lowest BCUT2D eigenvalue weighted by Crippen LogP contribution is -2.55. The number of aryl methyl sites for hydroxylation is 1. The van der Waals surface area contributed by atoms with Gasteiger partial charge in [-0.15, -0.1) is 0 Å². The zero-order valence-corrected chi connectivity index (χ0v) is 17.0. The van der Waals surface area contributed by atoms with Crippen LogP contribution >= 0.6 is 0 Å². The zero-order valence-electron chi connectivity index (χ0n) is 17.0. The van der Waals surface area contributed by atoms with Crippen molar-refractivity contribution in [1.82, 2.24) is 20.0 Å². The molecule has 2 aliphatic rings. The number of aromatic nitrogens is 2. The second-order valence-electron chi connectivity index (χ2n) is 8.43. The van der Waals surface area contributed by atoms with E-state index in [2.05, 4.69) is 16.3 Å². The topological polar surface area (TPSA) is 92.7 Å². The maximum atomic E-state index is 12.9. The number of aliphatic hydroxyl groups excluding tert-OH is 1. The highest BCUT2D eigenvalue weighted by Crippen LogP contribution is 2.39. The molecule has 1 aromatic heterocycles. The van der Waals surface area contributed by atoms with Gasteiger partial charge in [-0.05, 0) is 49.1 Å². The number of piperazine rings is 1. The molecule has 0 bridgehead atoms. The third-order valence-corrected chi connectivity index (χ3v) is 6.39. The molecule has 2 aromatic carbocycles. The first-order valence-corrected chi connectivity index (χ1v) is 10.4. The number of rotatable bonds is 4. The minimum atomic E-state index is -0.946. The minimum Gasteiger partial charge on any atom is -0.386 e. The molecule has 1 atom stereocenters. The Balaban J connectivity index is 1.29. The van der Waals surface area contributed by atoms with Crippen LogP contribution < -0.4 is 0 Å².